The van der Waals surface area contributed by atoms with Crippen molar-refractivity contribution in [2.75, 3.05) is 12.4 Å². The highest BCUT2D eigenvalue weighted by Crippen LogP contribution is 2.30. The van der Waals surface area contributed by atoms with Crippen LogP contribution >= 0.6 is 0 Å². The molecule has 0 spiro atoms. The van der Waals surface area contributed by atoms with Crippen LogP contribution in [0.5, 0.6) is 0 Å². The number of hydrogen-bond acceptors (Lipinski definition) is 6. The van der Waals surface area contributed by atoms with E-state index in [0.717, 1.165) is 52.6 Å². The van der Waals surface area contributed by atoms with Gasteiger partial charge in [-0.15, -0.1) is 5.10 Å². The van der Waals surface area contributed by atoms with Crippen LogP contribution in [-0.4, -0.2) is 49.2 Å². The first-order chi connectivity index (χ1) is 13.2. The lowest BCUT2D eigenvalue weighted by molar-refractivity contribution is 0.0327. The van der Waals surface area contributed by atoms with Crippen molar-refractivity contribution in [1.82, 2.24) is 29.9 Å². The average molecular weight is 363 g/mol. The Kier molecular flexibility index (Phi) is 3.78. The summed E-state index contributed by atoms with van der Waals surface area (Å²) in [4.78, 5) is 12.4. The molecule has 3 heterocycles. The highest BCUT2D eigenvalue weighted by Gasteiger charge is 2.29. The van der Waals surface area contributed by atoms with Crippen LogP contribution in [0.15, 0.2) is 30.6 Å². The maximum Gasteiger partial charge on any atom is 0.224 e. The van der Waals surface area contributed by atoms with Crippen molar-refractivity contribution < 1.29 is 4.74 Å². The third-order valence-corrected chi connectivity index (χ3v) is 5.32. The minimum Gasteiger partial charge on any atom is -0.381 e. The van der Waals surface area contributed by atoms with Gasteiger partial charge in [0.1, 0.15) is 11.2 Å². The zero-order valence-corrected chi connectivity index (χ0v) is 15.3. The van der Waals surface area contributed by atoms with Crippen LogP contribution < -0.4 is 5.32 Å². The van der Waals surface area contributed by atoms with Crippen molar-refractivity contribution in [2.45, 2.75) is 38.5 Å². The molecule has 5 rings (SSSR count). The largest absolute Gasteiger partial charge is 0.381 e. The number of nitrogens with one attached hydrogen (secondary N) is 2. The average Bonchev–Trinajstić information content (AvgIpc) is 3.27. The molecule has 1 fully saturated rings. The molecular formula is C19H21N7O. The zero-order valence-electron chi connectivity index (χ0n) is 15.3. The molecule has 3 aromatic heterocycles. The Morgan fingerprint density at radius 1 is 1.33 bits per heavy atom. The van der Waals surface area contributed by atoms with E-state index in [9.17, 15) is 0 Å². The standard InChI is InChI=1S/C19H21N7O/c1-3-26-17-6-11(4-5-16(17)24-25-26)14-9-20-18-15(14)10-21-19(23-18)22-12-7-13(8-12)27-2/h4-6,9-10,12-13H,3,7-8H2,1-2H3,(H2,20,21,22,23)/t12-,13+. The predicted octanol–water partition coefficient (Wildman–Crippen LogP) is 2.98. The van der Waals surface area contributed by atoms with Gasteiger partial charge >= 0.3 is 0 Å². The lowest BCUT2D eigenvalue weighted by atomic mass is 9.89. The maximum atomic E-state index is 5.32. The summed E-state index contributed by atoms with van der Waals surface area (Å²) in [6.07, 6.45) is 6.20. The topological polar surface area (TPSA) is 93.5 Å². The molecule has 0 unspecified atom stereocenters. The molecule has 1 aliphatic carbocycles. The number of anilines is 1. The molecule has 4 aromatic rings. The first-order valence-corrected chi connectivity index (χ1v) is 9.22. The van der Waals surface area contributed by atoms with Crippen LogP contribution in [0.4, 0.5) is 5.95 Å². The summed E-state index contributed by atoms with van der Waals surface area (Å²) in [6, 6.07) is 6.56. The second-order valence-corrected chi connectivity index (χ2v) is 6.94. The second kappa shape index (κ2) is 6.31. The van der Waals surface area contributed by atoms with E-state index in [1.54, 1.807) is 7.11 Å². The number of H-pyrrole nitrogens is 1. The number of aromatic nitrogens is 6. The van der Waals surface area contributed by atoms with Gasteiger partial charge in [-0.25, -0.2) is 9.67 Å². The molecule has 0 saturated heterocycles. The van der Waals surface area contributed by atoms with E-state index in [0.29, 0.717) is 18.1 Å². The Morgan fingerprint density at radius 3 is 3.04 bits per heavy atom. The van der Waals surface area contributed by atoms with Gasteiger partial charge in [0.25, 0.3) is 0 Å². The van der Waals surface area contributed by atoms with Crippen LogP contribution in [0.3, 0.4) is 0 Å². The number of nitrogens with zero attached hydrogens (tertiary/aromatic N) is 5. The highest BCUT2D eigenvalue weighted by molar-refractivity contribution is 5.95. The molecule has 0 aliphatic heterocycles. The molecule has 138 valence electrons. The third-order valence-electron chi connectivity index (χ3n) is 5.32. The lowest BCUT2D eigenvalue weighted by Gasteiger charge is -2.34. The molecule has 2 N–H and O–H groups in total. The maximum absolute atomic E-state index is 5.32. The number of hydrogen-bond donors (Lipinski definition) is 2. The van der Waals surface area contributed by atoms with Crippen LogP contribution in [0.2, 0.25) is 0 Å². The summed E-state index contributed by atoms with van der Waals surface area (Å²) in [5.41, 5.74) is 4.92. The van der Waals surface area contributed by atoms with Gasteiger partial charge in [-0.1, -0.05) is 11.3 Å². The Labute approximate surface area is 156 Å². The fourth-order valence-electron chi connectivity index (χ4n) is 3.64. The first kappa shape index (κ1) is 16.2. The summed E-state index contributed by atoms with van der Waals surface area (Å²) in [7, 11) is 1.75. The first-order valence-electron chi connectivity index (χ1n) is 9.22. The zero-order chi connectivity index (χ0) is 18.4. The number of benzene rings is 1. The smallest absolute Gasteiger partial charge is 0.224 e. The summed E-state index contributed by atoms with van der Waals surface area (Å²) < 4.78 is 7.22. The van der Waals surface area contributed by atoms with Crippen molar-refractivity contribution in [3.05, 3.63) is 30.6 Å². The molecule has 1 aliphatic rings. The van der Waals surface area contributed by atoms with E-state index >= 15 is 0 Å². The highest BCUT2D eigenvalue weighted by atomic mass is 16.5. The molecule has 1 saturated carbocycles. The van der Waals surface area contributed by atoms with Crippen LogP contribution in [0.1, 0.15) is 19.8 Å². The summed E-state index contributed by atoms with van der Waals surface area (Å²) in [5.74, 6) is 0.652. The van der Waals surface area contributed by atoms with Crippen LogP contribution in [0, 0.1) is 0 Å². The normalized spacial score (nSPS) is 19.5. The van der Waals surface area contributed by atoms with E-state index in [1.807, 2.05) is 23.1 Å². The van der Waals surface area contributed by atoms with Gasteiger partial charge in [-0.2, -0.15) is 4.98 Å². The Balaban J connectivity index is 1.46. The molecule has 1 aromatic carbocycles. The van der Waals surface area contributed by atoms with Gasteiger partial charge in [0, 0.05) is 43.0 Å². The number of aromatic amines is 1. The fourth-order valence-corrected chi connectivity index (χ4v) is 3.64. The monoisotopic (exact) mass is 363 g/mol. The van der Waals surface area contributed by atoms with E-state index in [4.69, 9.17) is 4.74 Å². The van der Waals surface area contributed by atoms with Crippen molar-refractivity contribution >= 4 is 28.0 Å². The van der Waals surface area contributed by atoms with E-state index < -0.39 is 0 Å². The molecule has 0 amide bonds. The number of ether oxygens (including phenoxy) is 1. The Bertz CT molecular complexity index is 1110. The van der Waals surface area contributed by atoms with Gasteiger partial charge in [0.15, 0.2) is 0 Å². The van der Waals surface area contributed by atoms with Crippen LogP contribution in [0.25, 0.3) is 33.2 Å². The summed E-state index contributed by atoms with van der Waals surface area (Å²) in [6.45, 7) is 2.85. The van der Waals surface area contributed by atoms with E-state index in [2.05, 4.69) is 49.6 Å². The molecular weight excluding hydrogens is 342 g/mol. The second-order valence-electron chi connectivity index (χ2n) is 6.94. The van der Waals surface area contributed by atoms with Crippen molar-refractivity contribution in [3.8, 4) is 11.1 Å². The van der Waals surface area contributed by atoms with E-state index in [-0.39, 0.29) is 0 Å². The Hall–Kier alpha value is -3.00. The summed E-state index contributed by atoms with van der Waals surface area (Å²) in [5, 5.41) is 12.8. The summed E-state index contributed by atoms with van der Waals surface area (Å²) >= 11 is 0. The molecule has 0 atom stereocenters. The number of rotatable bonds is 5. The molecule has 8 heteroatoms. The number of fused-ring (bicyclic) bond motifs is 2. The van der Waals surface area contributed by atoms with Crippen LogP contribution in [-0.2, 0) is 11.3 Å². The van der Waals surface area contributed by atoms with Crippen molar-refractivity contribution in [2.24, 2.45) is 0 Å². The van der Waals surface area contributed by atoms with Gasteiger partial charge in [0.05, 0.1) is 11.6 Å². The van der Waals surface area contributed by atoms with Crippen molar-refractivity contribution in [3.63, 3.8) is 0 Å². The third kappa shape index (κ3) is 2.73. The minimum absolute atomic E-state index is 0.351. The lowest BCUT2D eigenvalue weighted by Crippen LogP contribution is -2.40. The van der Waals surface area contributed by atoms with Gasteiger partial charge in [0.2, 0.25) is 5.95 Å². The Morgan fingerprint density at radius 2 is 2.22 bits per heavy atom. The number of aryl methyl sites for hydroxylation is 1. The molecule has 0 radical (unpaired) electrons. The SMILES string of the molecule is CCn1nnc2ccc(-c3c[nH]c4nc(N[C@H]5C[C@@H](OC)C5)ncc34)cc21. The molecule has 27 heavy (non-hydrogen) atoms. The van der Waals surface area contributed by atoms with Gasteiger partial charge < -0.3 is 15.0 Å². The van der Waals surface area contributed by atoms with Crippen molar-refractivity contribution in [1.29, 1.82) is 0 Å². The van der Waals surface area contributed by atoms with Gasteiger partial charge in [-0.05, 0) is 37.5 Å². The fraction of sp³-hybridized carbons (Fsp3) is 0.368. The molecule has 0 bridgehead atoms. The minimum atomic E-state index is 0.351. The van der Waals surface area contributed by atoms with Gasteiger partial charge in [-0.3, -0.25) is 0 Å². The van der Waals surface area contributed by atoms with E-state index in [1.165, 1.54) is 0 Å². The predicted molar refractivity (Wildman–Crippen MR) is 104 cm³/mol. The number of methoxy groups -OCH3 is 1. The quantitative estimate of drug-likeness (QED) is 0.566. The molecule has 8 nitrogen and oxygen atoms in total.